The van der Waals surface area contributed by atoms with E-state index in [4.69, 9.17) is 4.74 Å². The minimum absolute atomic E-state index is 0.107. The smallest absolute Gasteiger partial charge is 0.243 e. The number of aromatic nitrogens is 2. The fourth-order valence-corrected chi connectivity index (χ4v) is 5.01. The summed E-state index contributed by atoms with van der Waals surface area (Å²) in [6.45, 7) is 7.70. The largest absolute Gasteiger partial charge is 0.379 e. The van der Waals surface area contributed by atoms with Crippen molar-refractivity contribution in [2.75, 3.05) is 31.6 Å². The molecule has 10 heteroatoms. The molecule has 1 fully saturated rings. The molecule has 1 N–H and O–H groups in total. The zero-order chi connectivity index (χ0) is 21.1. The number of benzene rings is 1. The summed E-state index contributed by atoms with van der Waals surface area (Å²) in [5, 5.41) is 12.3. The van der Waals surface area contributed by atoms with E-state index in [0.29, 0.717) is 37.9 Å². The zero-order valence-electron chi connectivity index (χ0n) is 16.8. The van der Waals surface area contributed by atoms with E-state index in [2.05, 4.69) is 15.5 Å². The van der Waals surface area contributed by atoms with Crippen LogP contribution in [0.25, 0.3) is 0 Å². The number of morpholine rings is 1. The highest BCUT2D eigenvalue weighted by atomic mass is 32.2. The summed E-state index contributed by atoms with van der Waals surface area (Å²) >= 11 is 1.37. The van der Waals surface area contributed by atoms with Gasteiger partial charge >= 0.3 is 0 Å². The summed E-state index contributed by atoms with van der Waals surface area (Å²) in [4.78, 5) is 12.5. The molecule has 1 aromatic heterocycles. The van der Waals surface area contributed by atoms with Gasteiger partial charge in [0, 0.05) is 24.9 Å². The number of sulfonamides is 1. The van der Waals surface area contributed by atoms with Crippen molar-refractivity contribution in [2.24, 2.45) is 0 Å². The third-order valence-corrected chi connectivity index (χ3v) is 7.66. The lowest BCUT2D eigenvalue weighted by atomic mass is 9.98. The molecule has 0 bridgehead atoms. The van der Waals surface area contributed by atoms with Crippen LogP contribution in [0.15, 0.2) is 29.2 Å². The van der Waals surface area contributed by atoms with Crippen molar-refractivity contribution >= 4 is 32.4 Å². The molecule has 2 heterocycles. The summed E-state index contributed by atoms with van der Waals surface area (Å²) in [7, 11) is -3.50. The fourth-order valence-electron chi connectivity index (χ4n) is 2.78. The molecule has 0 radical (unpaired) electrons. The van der Waals surface area contributed by atoms with Gasteiger partial charge in [-0.25, -0.2) is 8.42 Å². The van der Waals surface area contributed by atoms with Crippen LogP contribution in [0.2, 0.25) is 0 Å². The Balaban J connectivity index is 1.54. The van der Waals surface area contributed by atoms with Crippen LogP contribution in [0.4, 0.5) is 5.13 Å². The number of carbonyl (C=O) groups is 1. The van der Waals surface area contributed by atoms with Crippen molar-refractivity contribution in [1.29, 1.82) is 0 Å². The first kappa shape index (κ1) is 21.8. The first-order valence-corrected chi connectivity index (χ1v) is 11.7. The number of amides is 1. The molecule has 2 aromatic rings. The second-order valence-corrected chi connectivity index (χ2v) is 10.8. The SMILES string of the molecule is CC(C)(C)c1nnc(NC(=O)CCc2ccc(S(=O)(=O)N3CCOCC3)cc2)s1. The maximum Gasteiger partial charge on any atom is 0.243 e. The third-order valence-electron chi connectivity index (χ3n) is 4.48. The van der Waals surface area contributed by atoms with Gasteiger partial charge in [0.15, 0.2) is 0 Å². The van der Waals surface area contributed by atoms with Crippen LogP contribution in [-0.4, -0.2) is 55.1 Å². The predicted octanol–water partition coefficient (Wildman–Crippen LogP) is 2.43. The Hall–Kier alpha value is -1.88. The molecular weight excluding hydrogens is 412 g/mol. The van der Waals surface area contributed by atoms with Crippen molar-refractivity contribution in [3.8, 4) is 0 Å². The Morgan fingerprint density at radius 2 is 1.83 bits per heavy atom. The molecule has 158 valence electrons. The second kappa shape index (κ2) is 8.86. The first-order valence-electron chi connectivity index (χ1n) is 9.47. The van der Waals surface area contributed by atoms with E-state index in [1.54, 1.807) is 24.3 Å². The summed E-state index contributed by atoms with van der Waals surface area (Å²) in [6, 6.07) is 6.70. The van der Waals surface area contributed by atoms with Crippen LogP contribution < -0.4 is 5.32 Å². The highest BCUT2D eigenvalue weighted by Gasteiger charge is 2.26. The molecule has 29 heavy (non-hydrogen) atoms. The van der Waals surface area contributed by atoms with E-state index in [9.17, 15) is 13.2 Å². The molecule has 1 aliphatic rings. The molecular formula is C19H26N4O4S2. The van der Waals surface area contributed by atoms with Crippen LogP contribution in [0.5, 0.6) is 0 Å². The Kier molecular flexibility index (Phi) is 6.67. The molecule has 8 nitrogen and oxygen atoms in total. The lowest BCUT2D eigenvalue weighted by Gasteiger charge is -2.26. The van der Waals surface area contributed by atoms with E-state index in [1.807, 2.05) is 20.8 Å². The van der Waals surface area contributed by atoms with Crippen LogP contribution in [0.1, 0.15) is 37.8 Å². The van der Waals surface area contributed by atoms with Gasteiger partial charge in [0.25, 0.3) is 0 Å². The Bertz CT molecular complexity index is 943. The van der Waals surface area contributed by atoms with Crippen molar-refractivity contribution in [2.45, 2.75) is 43.9 Å². The van der Waals surface area contributed by atoms with Crippen molar-refractivity contribution in [3.05, 3.63) is 34.8 Å². The van der Waals surface area contributed by atoms with Gasteiger partial charge in [-0.15, -0.1) is 10.2 Å². The predicted molar refractivity (Wildman–Crippen MR) is 112 cm³/mol. The second-order valence-electron chi connectivity index (χ2n) is 7.87. The molecule has 1 saturated heterocycles. The molecule has 0 unspecified atom stereocenters. The number of hydrogen-bond donors (Lipinski definition) is 1. The van der Waals surface area contributed by atoms with Gasteiger partial charge in [0.2, 0.25) is 21.1 Å². The maximum absolute atomic E-state index is 12.6. The Morgan fingerprint density at radius 1 is 1.17 bits per heavy atom. The zero-order valence-corrected chi connectivity index (χ0v) is 18.5. The van der Waals surface area contributed by atoms with Gasteiger partial charge in [0.1, 0.15) is 5.01 Å². The van der Waals surface area contributed by atoms with Crippen LogP contribution in [0.3, 0.4) is 0 Å². The summed E-state index contributed by atoms with van der Waals surface area (Å²) in [5.74, 6) is -0.147. The highest BCUT2D eigenvalue weighted by Crippen LogP contribution is 2.27. The van der Waals surface area contributed by atoms with E-state index < -0.39 is 10.0 Å². The maximum atomic E-state index is 12.6. The van der Waals surface area contributed by atoms with Crippen molar-refractivity contribution < 1.29 is 17.9 Å². The van der Waals surface area contributed by atoms with Crippen LogP contribution in [0, 0.1) is 0 Å². The molecule has 3 rings (SSSR count). The number of aryl methyl sites for hydroxylation is 1. The number of nitrogens with zero attached hydrogens (tertiary/aromatic N) is 3. The van der Waals surface area contributed by atoms with Gasteiger partial charge in [-0.05, 0) is 24.1 Å². The van der Waals surface area contributed by atoms with Crippen molar-refractivity contribution in [3.63, 3.8) is 0 Å². The molecule has 0 atom stereocenters. The number of rotatable bonds is 6. The number of nitrogens with one attached hydrogen (secondary N) is 1. The van der Waals surface area contributed by atoms with Crippen molar-refractivity contribution in [1.82, 2.24) is 14.5 Å². The Morgan fingerprint density at radius 3 is 2.41 bits per heavy atom. The molecule has 0 spiro atoms. The number of anilines is 1. The van der Waals surface area contributed by atoms with E-state index in [1.165, 1.54) is 15.6 Å². The molecule has 1 aliphatic heterocycles. The fraction of sp³-hybridized carbons (Fsp3) is 0.526. The average molecular weight is 439 g/mol. The first-order chi connectivity index (χ1) is 13.7. The number of ether oxygens (including phenoxy) is 1. The molecule has 1 aromatic carbocycles. The minimum atomic E-state index is -3.50. The minimum Gasteiger partial charge on any atom is -0.379 e. The molecule has 0 aliphatic carbocycles. The standard InChI is InChI=1S/C19H26N4O4S2/c1-19(2,3)17-21-22-18(28-17)20-16(24)9-6-14-4-7-15(8-5-14)29(25,26)23-10-12-27-13-11-23/h4-5,7-8H,6,9-13H2,1-3H3,(H,20,22,24). The van der Waals surface area contributed by atoms with Gasteiger partial charge in [-0.3, -0.25) is 4.79 Å². The summed E-state index contributed by atoms with van der Waals surface area (Å²) in [5.41, 5.74) is 0.790. The highest BCUT2D eigenvalue weighted by molar-refractivity contribution is 7.89. The van der Waals surface area contributed by atoms with Crippen LogP contribution in [-0.2, 0) is 31.4 Å². The monoisotopic (exact) mass is 438 g/mol. The van der Waals surface area contributed by atoms with Gasteiger partial charge < -0.3 is 10.1 Å². The summed E-state index contributed by atoms with van der Waals surface area (Å²) in [6.07, 6.45) is 0.786. The average Bonchev–Trinajstić information content (AvgIpc) is 3.16. The molecule has 0 saturated carbocycles. The summed E-state index contributed by atoms with van der Waals surface area (Å²) < 4.78 is 31.9. The third kappa shape index (κ3) is 5.59. The number of carbonyl (C=O) groups excluding carboxylic acids is 1. The van der Waals surface area contributed by atoms with Gasteiger partial charge in [-0.2, -0.15) is 4.31 Å². The van der Waals surface area contributed by atoms with Gasteiger partial charge in [-0.1, -0.05) is 44.2 Å². The van der Waals surface area contributed by atoms with E-state index >= 15 is 0 Å². The topological polar surface area (TPSA) is 101 Å². The van der Waals surface area contributed by atoms with E-state index in [-0.39, 0.29) is 22.6 Å². The van der Waals surface area contributed by atoms with E-state index in [0.717, 1.165) is 10.6 Å². The lowest BCUT2D eigenvalue weighted by molar-refractivity contribution is -0.116. The van der Waals surface area contributed by atoms with Crippen LogP contribution >= 0.6 is 11.3 Å². The van der Waals surface area contributed by atoms with Gasteiger partial charge in [0.05, 0.1) is 18.1 Å². The Labute approximate surface area is 175 Å². The normalized spacial score (nSPS) is 16.0. The quantitative estimate of drug-likeness (QED) is 0.743. The molecule has 1 amide bonds. The number of hydrogen-bond acceptors (Lipinski definition) is 7. The lowest BCUT2D eigenvalue weighted by Crippen LogP contribution is -2.40.